The first-order valence-corrected chi connectivity index (χ1v) is 5.95. The fourth-order valence-corrected chi connectivity index (χ4v) is 1.76. The van der Waals surface area contributed by atoms with E-state index in [1.807, 2.05) is 0 Å². The number of carbonyl (C=O) groups is 2. The van der Waals surface area contributed by atoms with E-state index in [1.165, 1.54) is 12.5 Å². The predicted molar refractivity (Wildman–Crippen MR) is 71.1 cm³/mol. The van der Waals surface area contributed by atoms with Crippen LogP contribution in [0.4, 0.5) is 0 Å². The summed E-state index contributed by atoms with van der Waals surface area (Å²) in [5, 5.41) is 11.7. The van der Waals surface area contributed by atoms with E-state index in [-0.39, 0.29) is 5.56 Å². The Labute approximate surface area is 115 Å². The molecule has 6 heteroatoms. The first kappa shape index (κ1) is 13.7. The lowest BCUT2D eigenvalue weighted by molar-refractivity contribution is -0.139. The summed E-state index contributed by atoms with van der Waals surface area (Å²) in [7, 11) is 0. The van der Waals surface area contributed by atoms with Crippen LogP contribution in [0.2, 0.25) is 0 Å². The van der Waals surface area contributed by atoms with Crippen molar-refractivity contribution in [1.82, 2.24) is 15.3 Å². The van der Waals surface area contributed by atoms with Gasteiger partial charge in [0.1, 0.15) is 6.33 Å². The SMILES string of the molecule is Cc1ncncc1C(=O)NC(C(=O)O)c1ccccc1. The minimum Gasteiger partial charge on any atom is -0.479 e. The molecular weight excluding hydrogens is 258 g/mol. The highest BCUT2D eigenvalue weighted by molar-refractivity contribution is 5.97. The summed E-state index contributed by atoms with van der Waals surface area (Å²) in [6, 6.07) is 7.39. The number of aliphatic carboxylic acids is 1. The fraction of sp³-hybridized carbons (Fsp3) is 0.143. The smallest absolute Gasteiger partial charge is 0.330 e. The van der Waals surface area contributed by atoms with Crippen molar-refractivity contribution in [2.75, 3.05) is 0 Å². The van der Waals surface area contributed by atoms with Gasteiger partial charge in [-0.1, -0.05) is 30.3 Å². The monoisotopic (exact) mass is 271 g/mol. The molecule has 1 unspecified atom stereocenters. The Bertz CT molecular complexity index is 629. The number of nitrogens with zero attached hydrogens (tertiary/aromatic N) is 2. The van der Waals surface area contributed by atoms with E-state index in [2.05, 4.69) is 15.3 Å². The van der Waals surface area contributed by atoms with Gasteiger partial charge >= 0.3 is 5.97 Å². The van der Waals surface area contributed by atoms with Crippen molar-refractivity contribution in [3.63, 3.8) is 0 Å². The Morgan fingerprint density at radius 3 is 2.55 bits per heavy atom. The van der Waals surface area contributed by atoms with Crippen LogP contribution in [-0.2, 0) is 4.79 Å². The van der Waals surface area contributed by atoms with Gasteiger partial charge in [0.15, 0.2) is 6.04 Å². The zero-order valence-corrected chi connectivity index (χ0v) is 10.8. The number of amides is 1. The van der Waals surface area contributed by atoms with Gasteiger partial charge in [-0.2, -0.15) is 0 Å². The summed E-state index contributed by atoms with van der Waals surface area (Å²) >= 11 is 0. The highest BCUT2D eigenvalue weighted by atomic mass is 16.4. The number of rotatable bonds is 4. The molecule has 0 spiro atoms. The second-order valence-electron chi connectivity index (χ2n) is 4.18. The summed E-state index contributed by atoms with van der Waals surface area (Å²) in [6.07, 6.45) is 2.69. The number of carboxylic acids is 1. The molecule has 6 nitrogen and oxygen atoms in total. The molecule has 1 heterocycles. The Morgan fingerprint density at radius 1 is 1.25 bits per heavy atom. The molecule has 0 fully saturated rings. The van der Waals surface area contributed by atoms with Gasteiger partial charge < -0.3 is 10.4 Å². The Hall–Kier alpha value is -2.76. The highest BCUT2D eigenvalue weighted by Gasteiger charge is 2.23. The van der Waals surface area contributed by atoms with E-state index in [9.17, 15) is 14.7 Å². The molecule has 20 heavy (non-hydrogen) atoms. The van der Waals surface area contributed by atoms with E-state index < -0.39 is 17.9 Å². The third-order valence-electron chi connectivity index (χ3n) is 2.81. The maximum atomic E-state index is 12.1. The Morgan fingerprint density at radius 2 is 1.95 bits per heavy atom. The zero-order chi connectivity index (χ0) is 14.5. The van der Waals surface area contributed by atoms with E-state index in [0.717, 1.165) is 0 Å². The van der Waals surface area contributed by atoms with Crippen molar-refractivity contribution in [2.45, 2.75) is 13.0 Å². The average Bonchev–Trinajstić information content (AvgIpc) is 2.45. The second-order valence-corrected chi connectivity index (χ2v) is 4.18. The topological polar surface area (TPSA) is 92.2 Å². The summed E-state index contributed by atoms with van der Waals surface area (Å²) in [6.45, 7) is 1.66. The summed E-state index contributed by atoms with van der Waals surface area (Å²) in [5.41, 5.74) is 1.26. The molecule has 0 saturated carbocycles. The van der Waals surface area contributed by atoms with E-state index >= 15 is 0 Å². The number of benzene rings is 1. The normalized spacial score (nSPS) is 11.7. The number of carboxylic acid groups (broad SMARTS) is 1. The minimum atomic E-state index is -1.13. The minimum absolute atomic E-state index is 0.259. The summed E-state index contributed by atoms with van der Waals surface area (Å²) in [4.78, 5) is 31.1. The highest BCUT2D eigenvalue weighted by Crippen LogP contribution is 2.14. The first-order chi connectivity index (χ1) is 9.59. The van der Waals surface area contributed by atoms with E-state index in [1.54, 1.807) is 37.3 Å². The zero-order valence-electron chi connectivity index (χ0n) is 10.8. The Kier molecular flexibility index (Phi) is 4.05. The molecule has 1 atom stereocenters. The van der Waals surface area contributed by atoms with Crippen LogP contribution in [-0.4, -0.2) is 27.0 Å². The second kappa shape index (κ2) is 5.92. The standard InChI is InChI=1S/C14H13N3O3/c1-9-11(7-15-8-16-9)13(18)17-12(14(19)20)10-5-3-2-4-6-10/h2-8,12H,1H3,(H,17,18)(H,19,20). The lowest BCUT2D eigenvalue weighted by Gasteiger charge is -2.15. The number of nitrogens with one attached hydrogen (secondary N) is 1. The molecular formula is C14H13N3O3. The van der Waals surface area contributed by atoms with Crippen LogP contribution in [0, 0.1) is 6.92 Å². The maximum Gasteiger partial charge on any atom is 0.330 e. The number of hydrogen-bond acceptors (Lipinski definition) is 4. The van der Waals surface area contributed by atoms with Crippen molar-refractivity contribution in [3.8, 4) is 0 Å². The number of aromatic nitrogens is 2. The average molecular weight is 271 g/mol. The van der Waals surface area contributed by atoms with Crippen molar-refractivity contribution in [2.24, 2.45) is 0 Å². The molecule has 2 rings (SSSR count). The fourth-order valence-electron chi connectivity index (χ4n) is 1.76. The molecule has 0 bridgehead atoms. The van der Waals surface area contributed by atoms with Crippen LogP contribution >= 0.6 is 0 Å². The number of hydrogen-bond donors (Lipinski definition) is 2. The lowest BCUT2D eigenvalue weighted by atomic mass is 10.1. The van der Waals surface area contributed by atoms with Crippen LogP contribution in [0.15, 0.2) is 42.9 Å². The third-order valence-corrected chi connectivity index (χ3v) is 2.81. The van der Waals surface area contributed by atoms with Crippen molar-refractivity contribution in [1.29, 1.82) is 0 Å². The van der Waals surface area contributed by atoms with Gasteiger partial charge in [-0.15, -0.1) is 0 Å². The van der Waals surface area contributed by atoms with Gasteiger partial charge in [0.25, 0.3) is 5.91 Å². The quantitative estimate of drug-likeness (QED) is 0.875. The van der Waals surface area contributed by atoms with E-state index in [0.29, 0.717) is 11.3 Å². The van der Waals surface area contributed by atoms with Gasteiger partial charge in [0.05, 0.1) is 11.3 Å². The summed E-state index contributed by atoms with van der Waals surface area (Å²) in [5.74, 6) is -1.64. The van der Waals surface area contributed by atoms with Gasteiger partial charge in [0.2, 0.25) is 0 Å². The third kappa shape index (κ3) is 2.97. The molecule has 0 aliphatic rings. The van der Waals surface area contributed by atoms with Crippen LogP contribution < -0.4 is 5.32 Å². The number of aryl methyl sites for hydroxylation is 1. The van der Waals surface area contributed by atoms with Crippen LogP contribution in [0.1, 0.15) is 27.7 Å². The molecule has 1 aromatic heterocycles. The van der Waals surface area contributed by atoms with Crippen molar-refractivity contribution < 1.29 is 14.7 Å². The molecule has 0 aliphatic heterocycles. The molecule has 0 radical (unpaired) electrons. The molecule has 2 N–H and O–H groups in total. The Balaban J connectivity index is 2.24. The van der Waals surface area contributed by atoms with Crippen molar-refractivity contribution >= 4 is 11.9 Å². The lowest BCUT2D eigenvalue weighted by Crippen LogP contribution is -2.34. The van der Waals surface area contributed by atoms with Gasteiger partial charge in [-0.05, 0) is 12.5 Å². The molecule has 102 valence electrons. The van der Waals surface area contributed by atoms with E-state index in [4.69, 9.17) is 0 Å². The van der Waals surface area contributed by atoms with Crippen LogP contribution in [0.25, 0.3) is 0 Å². The van der Waals surface area contributed by atoms with Gasteiger partial charge in [0, 0.05) is 6.20 Å². The maximum absolute atomic E-state index is 12.1. The molecule has 2 aromatic rings. The molecule has 1 amide bonds. The van der Waals surface area contributed by atoms with Gasteiger partial charge in [-0.25, -0.2) is 14.8 Å². The first-order valence-electron chi connectivity index (χ1n) is 5.95. The van der Waals surface area contributed by atoms with Gasteiger partial charge in [-0.3, -0.25) is 4.79 Å². The molecule has 0 aliphatic carbocycles. The van der Waals surface area contributed by atoms with Crippen molar-refractivity contribution in [3.05, 3.63) is 59.7 Å². The van der Waals surface area contributed by atoms with Crippen LogP contribution in [0.5, 0.6) is 0 Å². The number of carbonyl (C=O) groups excluding carboxylic acids is 1. The largest absolute Gasteiger partial charge is 0.479 e. The molecule has 0 saturated heterocycles. The predicted octanol–water partition coefficient (Wildman–Crippen LogP) is 1.34. The van der Waals surface area contributed by atoms with Crippen LogP contribution in [0.3, 0.4) is 0 Å². The molecule has 1 aromatic carbocycles. The summed E-state index contributed by atoms with van der Waals surface area (Å²) < 4.78 is 0.